The van der Waals surface area contributed by atoms with Gasteiger partial charge in [-0.3, -0.25) is 4.98 Å². The van der Waals surface area contributed by atoms with E-state index in [2.05, 4.69) is 52.0 Å². The fraction of sp³-hybridized carbons (Fsp3) is 0.222. The molecule has 0 saturated heterocycles. The molecule has 116 valence electrons. The molecule has 0 amide bonds. The maximum Gasteiger partial charge on any atom is 0.201 e. The summed E-state index contributed by atoms with van der Waals surface area (Å²) in [6.45, 7) is 8.80. The van der Waals surface area contributed by atoms with Crippen molar-refractivity contribution >= 4 is 16.7 Å². The molecule has 3 rings (SSSR count). The van der Waals surface area contributed by atoms with Crippen LogP contribution in [0.5, 0.6) is 0 Å². The number of rotatable bonds is 4. The molecule has 0 radical (unpaired) electrons. The summed E-state index contributed by atoms with van der Waals surface area (Å²) in [5.74, 6) is 0.570. The van der Waals surface area contributed by atoms with Crippen molar-refractivity contribution in [3.8, 4) is 0 Å². The summed E-state index contributed by atoms with van der Waals surface area (Å²) in [5, 5.41) is 11.2. The van der Waals surface area contributed by atoms with Gasteiger partial charge in [-0.2, -0.15) is 0 Å². The van der Waals surface area contributed by atoms with Crippen LogP contribution in [-0.4, -0.2) is 15.8 Å². The topological polar surface area (TPSA) is 53.2 Å². The summed E-state index contributed by atoms with van der Waals surface area (Å²) in [5.41, 5.74) is 4.03. The second kappa shape index (κ2) is 6.52. The molecule has 0 spiro atoms. The molecule has 0 unspecified atom stereocenters. The van der Waals surface area contributed by atoms with E-state index >= 15 is 0 Å². The van der Waals surface area contributed by atoms with E-state index in [0.29, 0.717) is 12.4 Å². The lowest BCUT2D eigenvalue weighted by Gasteiger charge is -2.13. The second-order valence-electron chi connectivity index (χ2n) is 5.51. The molecule has 1 aromatic heterocycles. The van der Waals surface area contributed by atoms with Crippen molar-refractivity contribution in [3.63, 3.8) is 0 Å². The van der Waals surface area contributed by atoms with Crippen LogP contribution < -0.4 is 0 Å². The highest BCUT2D eigenvalue weighted by Crippen LogP contribution is 2.21. The van der Waals surface area contributed by atoms with Crippen LogP contribution in [0.15, 0.2) is 75.9 Å². The Morgan fingerprint density at radius 2 is 2.22 bits per heavy atom. The van der Waals surface area contributed by atoms with Crippen molar-refractivity contribution in [2.24, 2.45) is 15.3 Å². The van der Waals surface area contributed by atoms with Gasteiger partial charge >= 0.3 is 0 Å². The van der Waals surface area contributed by atoms with Gasteiger partial charge in [0.25, 0.3) is 0 Å². The zero-order chi connectivity index (χ0) is 16.2. The molecule has 1 aromatic carbocycles. The minimum absolute atomic E-state index is 0.570. The quantitative estimate of drug-likeness (QED) is 0.826. The lowest BCUT2D eigenvalue weighted by atomic mass is 10.1. The van der Waals surface area contributed by atoms with Gasteiger partial charge in [0.15, 0.2) is 0 Å². The summed E-state index contributed by atoms with van der Waals surface area (Å²) >= 11 is 0. The Kier molecular flexibility index (Phi) is 4.28. The first-order valence-electron chi connectivity index (χ1n) is 7.63. The van der Waals surface area contributed by atoms with E-state index in [1.165, 1.54) is 5.57 Å². The first-order chi connectivity index (χ1) is 11.2. The molecular weight excluding hydrogens is 286 g/mol. The third-order valence-electron chi connectivity index (χ3n) is 3.78. The Hall–Kier alpha value is -2.82. The van der Waals surface area contributed by atoms with Gasteiger partial charge in [-0.05, 0) is 37.1 Å². The molecule has 0 saturated carbocycles. The van der Waals surface area contributed by atoms with E-state index in [1.807, 2.05) is 25.3 Å². The Bertz CT molecular complexity index is 832. The van der Waals surface area contributed by atoms with Gasteiger partial charge in [0.2, 0.25) is 5.84 Å². The van der Waals surface area contributed by atoms with Crippen LogP contribution in [0, 0.1) is 0 Å². The minimum atomic E-state index is 0.570. The second-order valence-corrected chi connectivity index (χ2v) is 5.51. The summed E-state index contributed by atoms with van der Waals surface area (Å²) in [6.07, 6.45) is 4.59. The van der Waals surface area contributed by atoms with Crippen LogP contribution >= 0.6 is 0 Å². The summed E-state index contributed by atoms with van der Waals surface area (Å²) in [7, 11) is 0. The summed E-state index contributed by atoms with van der Waals surface area (Å²) in [4.78, 5) is 8.69. The number of amidine groups is 1. The number of benzene rings is 1. The monoisotopic (exact) mass is 305 g/mol. The molecule has 1 aliphatic rings. The predicted octanol–water partition coefficient (Wildman–Crippen LogP) is 4.64. The molecule has 0 aliphatic carbocycles. The number of fused-ring (bicyclic) bond motifs is 1. The van der Waals surface area contributed by atoms with Crippen molar-refractivity contribution < 1.29 is 0 Å². The predicted molar refractivity (Wildman–Crippen MR) is 92.8 cm³/mol. The number of nitrogens with zero attached hydrogens (tertiary/aromatic N) is 5. The van der Waals surface area contributed by atoms with E-state index in [9.17, 15) is 0 Å². The Morgan fingerprint density at radius 3 is 3.04 bits per heavy atom. The zero-order valence-corrected chi connectivity index (χ0v) is 13.4. The maximum atomic E-state index is 4.36. The number of pyridine rings is 1. The average Bonchev–Trinajstić information content (AvgIpc) is 2.92. The molecule has 0 atom stereocenters. The first kappa shape index (κ1) is 15.1. The highest BCUT2D eigenvalue weighted by atomic mass is 15.6. The molecule has 0 fully saturated rings. The fourth-order valence-corrected chi connectivity index (χ4v) is 2.21. The lowest BCUT2D eigenvalue weighted by molar-refractivity contribution is 0.372. The fourth-order valence-electron chi connectivity index (χ4n) is 2.21. The van der Waals surface area contributed by atoms with E-state index in [1.54, 1.807) is 11.2 Å². The van der Waals surface area contributed by atoms with Gasteiger partial charge in [-0.25, -0.2) is 10.0 Å². The van der Waals surface area contributed by atoms with Crippen LogP contribution in [-0.2, 0) is 6.54 Å². The molecule has 23 heavy (non-hydrogen) atoms. The molecule has 5 heteroatoms. The smallest absolute Gasteiger partial charge is 0.201 e. The lowest BCUT2D eigenvalue weighted by Crippen LogP contribution is -2.14. The molecule has 0 bridgehead atoms. The van der Waals surface area contributed by atoms with Crippen LogP contribution in [0.4, 0.5) is 0 Å². The summed E-state index contributed by atoms with van der Waals surface area (Å²) in [6, 6.07) is 10.2. The highest BCUT2D eigenvalue weighted by molar-refractivity contribution is 5.99. The van der Waals surface area contributed by atoms with Gasteiger partial charge in [-0.1, -0.05) is 36.4 Å². The van der Waals surface area contributed by atoms with E-state index in [-0.39, 0.29) is 0 Å². The standard InChI is InChI=1S/C18H19N5/c1-4-13(2)11-20-18-14(3)23(22-21-18)12-15-7-8-17-16(10-15)6-5-9-19-17/h5-11H,3-4,12H2,1-2H3/b13-11+,20-18?. The number of aliphatic imine (C=N–C) groups is 1. The van der Waals surface area contributed by atoms with Crippen molar-refractivity contribution in [3.05, 3.63) is 66.1 Å². The number of hydrogen-bond acceptors (Lipinski definition) is 4. The molecule has 1 aliphatic heterocycles. The SMILES string of the molecule is C=C1C(=N/C=C(\C)CC)N=NN1Cc1ccc2ncccc2c1. The van der Waals surface area contributed by atoms with E-state index < -0.39 is 0 Å². The van der Waals surface area contributed by atoms with Gasteiger partial charge < -0.3 is 0 Å². The van der Waals surface area contributed by atoms with Gasteiger partial charge in [-0.15, -0.1) is 5.11 Å². The van der Waals surface area contributed by atoms with Crippen LogP contribution in [0.3, 0.4) is 0 Å². The highest BCUT2D eigenvalue weighted by Gasteiger charge is 2.19. The molecule has 0 N–H and O–H groups in total. The van der Waals surface area contributed by atoms with Crippen LogP contribution in [0.2, 0.25) is 0 Å². The molecule has 2 aromatic rings. The van der Waals surface area contributed by atoms with Crippen molar-refractivity contribution in [1.29, 1.82) is 0 Å². The van der Waals surface area contributed by atoms with Crippen molar-refractivity contribution in [1.82, 2.24) is 9.99 Å². The Balaban J connectivity index is 1.76. The van der Waals surface area contributed by atoms with E-state index in [0.717, 1.165) is 28.6 Å². The van der Waals surface area contributed by atoms with E-state index in [4.69, 9.17) is 0 Å². The molecule has 2 heterocycles. The Morgan fingerprint density at radius 1 is 1.35 bits per heavy atom. The van der Waals surface area contributed by atoms with Crippen LogP contribution in [0.25, 0.3) is 10.9 Å². The number of hydrogen-bond donors (Lipinski definition) is 0. The van der Waals surface area contributed by atoms with Crippen molar-refractivity contribution in [2.75, 3.05) is 0 Å². The van der Waals surface area contributed by atoms with Gasteiger partial charge in [0, 0.05) is 17.8 Å². The maximum absolute atomic E-state index is 4.36. The third kappa shape index (κ3) is 3.34. The first-order valence-corrected chi connectivity index (χ1v) is 7.63. The number of aromatic nitrogens is 1. The van der Waals surface area contributed by atoms with Crippen molar-refractivity contribution in [2.45, 2.75) is 26.8 Å². The Labute approximate surface area is 135 Å². The molecular formula is C18H19N5. The molecule has 5 nitrogen and oxygen atoms in total. The average molecular weight is 305 g/mol. The minimum Gasteiger partial charge on any atom is -0.256 e. The normalized spacial score (nSPS) is 16.8. The number of allylic oxidation sites excluding steroid dienone is 1. The van der Waals surface area contributed by atoms with Crippen LogP contribution in [0.1, 0.15) is 25.8 Å². The summed E-state index contributed by atoms with van der Waals surface area (Å²) < 4.78 is 0. The van der Waals surface area contributed by atoms with Gasteiger partial charge in [0.1, 0.15) is 5.70 Å². The zero-order valence-electron chi connectivity index (χ0n) is 13.4. The third-order valence-corrected chi connectivity index (χ3v) is 3.78. The largest absolute Gasteiger partial charge is 0.256 e. The van der Waals surface area contributed by atoms with Gasteiger partial charge in [0.05, 0.1) is 12.1 Å².